The minimum absolute atomic E-state index is 0.0551. The van der Waals surface area contributed by atoms with Gasteiger partial charge in [0.15, 0.2) is 0 Å². The molecule has 0 fully saturated rings. The van der Waals surface area contributed by atoms with Crippen molar-refractivity contribution in [2.24, 2.45) is 0 Å². The van der Waals surface area contributed by atoms with E-state index in [1.807, 2.05) is 0 Å². The van der Waals surface area contributed by atoms with Crippen molar-refractivity contribution in [3.63, 3.8) is 0 Å². The average Bonchev–Trinajstić information content (AvgIpc) is 2.28. The molecule has 0 aliphatic rings. The molecule has 1 unspecified atom stereocenters. The highest BCUT2D eigenvalue weighted by Gasteiger charge is 2.22. The van der Waals surface area contributed by atoms with Gasteiger partial charge in [0.25, 0.3) is 0 Å². The number of likely N-dealkylation sites (N-methyl/N-ethyl adjacent to an activating group) is 1. The third kappa shape index (κ3) is 3.39. The summed E-state index contributed by atoms with van der Waals surface area (Å²) in [7, 11) is -0.476. The molecule has 0 aromatic carbocycles. The van der Waals surface area contributed by atoms with E-state index in [2.05, 4.69) is 10.3 Å². The van der Waals surface area contributed by atoms with Gasteiger partial charge in [-0.15, -0.1) is 0 Å². The summed E-state index contributed by atoms with van der Waals surface area (Å²) in [5, 5.41) is 12.0. The third-order valence-electron chi connectivity index (χ3n) is 2.22. The Balaban J connectivity index is 3.04. The monoisotopic (exact) mass is 259 g/mol. The van der Waals surface area contributed by atoms with Crippen LogP contribution in [-0.4, -0.2) is 49.6 Å². The van der Waals surface area contributed by atoms with Crippen molar-refractivity contribution in [3.8, 4) is 0 Å². The fraction of sp³-hybridized carbons (Fsp3) is 0.500. The number of rotatable bonds is 5. The van der Waals surface area contributed by atoms with Gasteiger partial charge in [-0.25, -0.2) is 13.4 Å². The molecule has 6 nitrogen and oxygen atoms in total. The zero-order valence-electron chi connectivity index (χ0n) is 10.1. The molecule has 96 valence electrons. The second-order valence-electron chi connectivity index (χ2n) is 3.76. The highest BCUT2D eigenvalue weighted by molar-refractivity contribution is 7.89. The van der Waals surface area contributed by atoms with E-state index in [9.17, 15) is 13.5 Å². The molecule has 1 heterocycles. The molecule has 0 aliphatic heterocycles. The molecule has 1 rings (SSSR count). The first-order valence-corrected chi connectivity index (χ1v) is 6.60. The van der Waals surface area contributed by atoms with Crippen molar-refractivity contribution < 1.29 is 13.5 Å². The molecule has 0 bridgehead atoms. The van der Waals surface area contributed by atoms with Gasteiger partial charge in [0, 0.05) is 32.9 Å². The summed E-state index contributed by atoms with van der Waals surface area (Å²) in [6.45, 7) is 1.59. The first kappa shape index (κ1) is 13.9. The van der Waals surface area contributed by atoms with E-state index < -0.39 is 16.1 Å². The molecule has 1 atom stereocenters. The van der Waals surface area contributed by atoms with Gasteiger partial charge >= 0.3 is 0 Å². The van der Waals surface area contributed by atoms with E-state index >= 15 is 0 Å². The topological polar surface area (TPSA) is 82.5 Å². The summed E-state index contributed by atoms with van der Waals surface area (Å²) in [6.07, 6.45) is 0.718. The molecule has 0 amide bonds. The van der Waals surface area contributed by atoms with Crippen LogP contribution in [0.4, 0.5) is 5.82 Å². The second-order valence-corrected chi connectivity index (χ2v) is 5.81. The number of pyridine rings is 1. The molecular formula is C10H17N3O3S. The maximum Gasteiger partial charge on any atom is 0.243 e. The molecule has 0 spiro atoms. The van der Waals surface area contributed by atoms with Gasteiger partial charge < -0.3 is 10.4 Å². The number of hydrogen-bond acceptors (Lipinski definition) is 5. The van der Waals surface area contributed by atoms with Gasteiger partial charge in [-0.05, 0) is 13.0 Å². The fourth-order valence-electron chi connectivity index (χ4n) is 1.36. The van der Waals surface area contributed by atoms with E-state index in [0.29, 0.717) is 5.82 Å². The highest BCUT2D eigenvalue weighted by atomic mass is 32.2. The minimum atomic E-state index is -3.57. The molecule has 7 heteroatoms. The number of aromatic nitrogens is 1. The van der Waals surface area contributed by atoms with Crippen LogP contribution in [0.5, 0.6) is 0 Å². The van der Waals surface area contributed by atoms with Crippen LogP contribution in [0.3, 0.4) is 0 Å². The van der Waals surface area contributed by atoms with Crippen molar-refractivity contribution in [1.29, 1.82) is 0 Å². The summed E-state index contributed by atoms with van der Waals surface area (Å²) in [5.74, 6) is 0.483. The van der Waals surface area contributed by atoms with E-state index in [1.54, 1.807) is 7.05 Å². The normalized spacial score (nSPS) is 13.7. The van der Waals surface area contributed by atoms with Crippen LogP contribution in [-0.2, 0) is 10.0 Å². The molecule has 0 saturated carbocycles. The van der Waals surface area contributed by atoms with E-state index in [0.717, 1.165) is 4.31 Å². The predicted octanol–water partition coefficient (Wildman–Crippen LogP) is 0.125. The van der Waals surface area contributed by atoms with Crippen molar-refractivity contribution >= 4 is 15.8 Å². The highest BCUT2D eigenvalue weighted by Crippen LogP contribution is 2.16. The largest absolute Gasteiger partial charge is 0.392 e. The maximum atomic E-state index is 12.1. The van der Waals surface area contributed by atoms with Crippen LogP contribution in [0.1, 0.15) is 6.92 Å². The van der Waals surface area contributed by atoms with Gasteiger partial charge in [-0.2, -0.15) is 4.31 Å². The van der Waals surface area contributed by atoms with Gasteiger partial charge in [0.2, 0.25) is 10.0 Å². The molecule has 1 aromatic rings. The SMILES string of the molecule is CNc1cc(S(=O)(=O)N(C)CC(C)O)ccn1. The zero-order valence-corrected chi connectivity index (χ0v) is 10.9. The Bertz CT molecular complexity index is 473. The maximum absolute atomic E-state index is 12.1. The fourth-order valence-corrected chi connectivity index (χ4v) is 2.62. The molecule has 2 N–H and O–H groups in total. The summed E-state index contributed by atoms with van der Waals surface area (Å²) < 4.78 is 25.3. The second kappa shape index (κ2) is 5.44. The Kier molecular flexibility index (Phi) is 4.44. The standard InChI is InChI=1S/C10H17N3O3S/c1-8(14)7-13(3)17(15,16)9-4-5-12-10(6-9)11-2/h4-6,8,14H,7H2,1-3H3,(H,11,12). The van der Waals surface area contributed by atoms with Gasteiger partial charge in [0.1, 0.15) is 5.82 Å². The van der Waals surface area contributed by atoms with Crippen LogP contribution < -0.4 is 5.32 Å². The van der Waals surface area contributed by atoms with Crippen LogP contribution in [0.2, 0.25) is 0 Å². The van der Waals surface area contributed by atoms with Crippen molar-refractivity contribution in [1.82, 2.24) is 9.29 Å². The molecule has 17 heavy (non-hydrogen) atoms. The quantitative estimate of drug-likeness (QED) is 0.785. The molecule has 1 aromatic heterocycles. The number of sulfonamides is 1. The number of nitrogens with zero attached hydrogens (tertiary/aromatic N) is 2. The molecule has 0 aliphatic carbocycles. The lowest BCUT2D eigenvalue weighted by molar-refractivity contribution is 0.171. The molecule has 0 radical (unpaired) electrons. The number of hydrogen-bond donors (Lipinski definition) is 2. The minimum Gasteiger partial charge on any atom is -0.392 e. The lowest BCUT2D eigenvalue weighted by Crippen LogP contribution is -2.33. The number of anilines is 1. The zero-order chi connectivity index (χ0) is 13.1. The number of nitrogens with one attached hydrogen (secondary N) is 1. The lowest BCUT2D eigenvalue weighted by atomic mass is 10.4. The third-order valence-corrected chi connectivity index (χ3v) is 4.04. The summed E-state index contributed by atoms with van der Waals surface area (Å²) >= 11 is 0. The van der Waals surface area contributed by atoms with Gasteiger partial charge in [-0.3, -0.25) is 0 Å². The van der Waals surface area contributed by atoms with Crippen LogP contribution in [0.25, 0.3) is 0 Å². The van der Waals surface area contributed by atoms with Gasteiger partial charge in [-0.1, -0.05) is 0 Å². The lowest BCUT2D eigenvalue weighted by Gasteiger charge is -2.18. The summed E-state index contributed by atoms with van der Waals surface area (Å²) in [6, 6.07) is 2.88. The number of aliphatic hydroxyl groups is 1. The van der Waals surface area contributed by atoms with Crippen LogP contribution in [0, 0.1) is 0 Å². The van der Waals surface area contributed by atoms with Crippen molar-refractivity contribution in [3.05, 3.63) is 18.3 Å². The van der Waals surface area contributed by atoms with E-state index in [-0.39, 0.29) is 11.4 Å². The van der Waals surface area contributed by atoms with E-state index in [1.165, 1.54) is 32.3 Å². The Morgan fingerprint density at radius 3 is 2.76 bits per heavy atom. The smallest absolute Gasteiger partial charge is 0.243 e. The van der Waals surface area contributed by atoms with E-state index in [4.69, 9.17) is 0 Å². The first-order valence-electron chi connectivity index (χ1n) is 5.16. The molecule has 0 saturated heterocycles. The predicted molar refractivity (Wildman–Crippen MR) is 65.3 cm³/mol. The Morgan fingerprint density at radius 1 is 1.59 bits per heavy atom. The first-order chi connectivity index (χ1) is 7.87. The summed E-state index contributed by atoms with van der Waals surface area (Å²) in [5.41, 5.74) is 0. The Hall–Kier alpha value is -1.18. The summed E-state index contributed by atoms with van der Waals surface area (Å²) in [4.78, 5) is 4.10. The van der Waals surface area contributed by atoms with Crippen LogP contribution in [0.15, 0.2) is 23.2 Å². The molecular weight excluding hydrogens is 242 g/mol. The Morgan fingerprint density at radius 2 is 2.24 bits per heavy atom. The van der Waals surface area contributed by atoms with Crippen molar-refractivity contribution in [2.45, 2.75) is 17.9 Å². The average molecular weight is 259 g/mol. The van der Waals surface area contributed by atoms with Gasteiger partial charge in [0.05, 0.1) is 11.0 Å². The van der Waals surface area contributed by atoms with Crippen molar-refractivity contribution in [2.75, 3.05) is 26.0 Å². The Labute approximate surface area is 101 Å². The van der Waals surface area contributed by atoms with Crippen LogP contribution >= 0.6 is 0 Å². The number of aliphatic hydroxyl groups excluding tert-OH is 1.